The van der Waals surface area contributed by atoms with Crippen molar-refractivity contribution in [3.05, 3.63) is 30.9 Å². The van der Waals surface area contributed by atoms with Crippen LogP contribution in [0, 0.1) is 0 Å². The first-order valence-corrected chi connectivity index (χ1v) is 7.52. The summed E-state index contributed by atoms with van der Waals surface area (Å²) in [6.45, 7) is 3.36. The number of methoxy groups -OCH3 is 2. The molecule has 8 heteroatoms. The molecule has 0 aliphatic carbocycles. The minimum absolute atomic E-state index is 0.0170. The highest BCUT2D eigenvalue weighted by Crippen LogP contribution is 2.29. The molecule has 0 aliphatic heterocycles. The van der Waals surface area contributed by atoms with E-state index in [1.54, 1.807) is 0 Å². The first-order valence-electron chi connectivity index (χ1n) is 6.04. The van der Waals surface area contributed by atoms with Crippen molar-refractivity contribution in [3.63, 3.8) is 0 Å². The second-order valence-corrected chi connectivity index (χ2v) is 5.70. The summed E-state index contributed by atoms with van der Waals surface area (Å²) >= 11 is 0. The molecule has 0 unspecified atom stereocenters. The lowest BCUT2D eigenvalue weighted by atomic mass is 10.3. The van der Waals surface area contributed by atoms with Crippen molar-refractivity contribution in [2.24, 2.45) is 0 Å². The predicted molar refractivity (Wildman–Crippen MR) is 77.9 cm³/mol. The average Bonchev–Trinajstić information content (AvgIpc) is 2.50. The minimum atomic E-state index is -3.81. The second kappa shape index (κ2) is 7.65. The van der Waals surface area contributed by atoms with Crippen LogP contribution in [0.4, 0.5) is 0 Å². The summed E-state index contributed by atoms with van der Waals surface area (Å²) in [7, 11) is -0.950. The van der Waals surface area contributed by atoms with Crippen molar-refractivity contribution in [2.45, 2.75) is 4.90 Å². The van der Waals surface area contributed by atoms with Gasteiger partial charge >= 0.3 is 0 Å². The summed E-state index contributed by atoms with van der Waals surface area (Å²) in [6.07, 6.45) is 1.50. The molecule has 0 spiro atoms. The lowest BCUT2D eigenvalue weighted by molar-refractivity contribution is -0.119. The molecular formula is C13H18N2O5S. The topological polar surface area (TPSA) is 93.7 Å². The van der Waals surface area contributed by atoms with E-state index < -0.39 is 15.9 Å². The monoisotopic (exact) mass is 314 g/mol. The molecule has 0 aliphatic rings. The van der Waals surface area contributed by atoms with Crippen LogP contribution in [0.25, 0.3) is 0 Å². The fourth-order valence-electron chi connectivity index (χ4n) is 1.48. The van der Waals surface area contributed by atoms with Crippen molar-refractivity contribution in [3.8, 4) is 11.5 Å². The Balaban J connectivity index is 2.83. The van der Waals surface area contributed by atoms with E-state index in [1.807, 2.05) is 0 Å². The molecule has 116 valence electrons. The molecule has 0 bridgehead atoms. The molecular weight excluding hydrogens is 296 g/mol. The molecule has 1 aromatic carbocycles. The summed E-state index contributed by atoms with van der Waals surface area (Å²) in [5.41, 5.74) is 0. The third-order valence-corrected chi connectivity index (χ3v) is 3.93. The molecule has 1 aromatic rings. The quantitative estimate of drug-likeness (QED) is 0.672. The largest absolute Gasteiger partial charge is 0.493 e. The highest BCUT2D eigenvalue weighted by atomic mass is 32.2. The van der Waals surface area contributed by atoms with Crippen LogP contribution < -0.4 is 19.5 Å². The van der Waals surface area contributed by atoms with Crippen LogP contribution in [-0.4, -0.2) is 41.6 Å². The summed E-state index contributed by atoms with van der Waals surface area (Å²) in [5, 5.41) is 2.47. The van der Waals surface area contributed by atoms with Crippen LogP contribution in [0.3, 0.4) is 0 Å². The van der Waals surface area contributed by atoms with Gasteiger partial charge in [-0.1, -0.05) is 6.08 Å². The van der Waals surface area contributed by atoms with E-state index >= 15 is 0 Å². The first kappa shape index (κ1) is 17.0. The highest BCUT2D eigenvalue weighted by Gasteiger charge is 2.17. The van der Waals surface area contributed by atoms with Gasteiger partial charge < -0.3 is 14.8 Å². The zero-order chi connectivity index (χ0) is 15.9. The molecule has 0 heterocycles. The standard InChI is InChI=1S/C13H18N2O5S/c1-4-7-14-13(16)9-15-21(17,18)10-5-6-11(19-2)12(8-10)20-3/h4-6,8,15H,1,7,9H2,2-3H3,(H,14,16). The number of ether oxygens (including phenoxy) is 2. The van der Waals surface area contributed by atoms with Crippen molar-refractivity contribution >= 4 is 15.9 Å². The molecule has 2 N–H and O–H groups in total. The van der Waals surface area contributed by atoms with Crippen LogP contribution in [-0.2, 0) is 14.8 Å². The van der Waals surface area contributed by atoms with E-state index in [-0.39, 0.29) is 23.7 Å². The molecule has 21 heavy (non-hydrogen) atoms. The maximum atomic E-state index is 12.1. The smallest absolute Gasteiger partial charge is 0.241 e. The van der Waals surface area contributed by atoms with Gasteiger partial charge in [0.15, 0.2) is 11.5 Å². The molecule has 1 rings (SSSR count). The maximum Gasteiger partial charge on any atom is 0.241 e. The van der Waals surface area contributed by atoms with Gasteiger partial charge in [-0.25, -0.2) is 13.1 Å². The summed E-state index contributed by atoms with van der Waals surface area (Å²) in [6, 6.07) is 4.17. The van der Waals surface area contributed by atoms with E-state index in [4.69, 9.17) is 9.47 Å². The van der Waals surface area contributed by atoms with Gasteiger partial charge in [-0.3, -0.25) is 4.79 Å². The lowest BCUT2D eigenvalue weighted by Gasteiger charge is -2.11. The Hall–Kier alpha value is -2.06. The third-order valence-electron chi connectivity index (χ3n) is 2.53. The predicted octanol–water partition coefficient (Wildman–Crippen LogP) is 0.284. The SMILES string of the molecule is C=CCNC(=O)CNS(=O)(=O)c1ccc(OC)c(OC)c1. The Kier molecular flexibility index (Phi) is 6.19. The number of carbonyl (C=O) groups excluding carboxylic acids is 1. The molecule has 7 nitrogen and oxygen atoms in total. The van der Waals surface area contributed by atoms with Crippen LogP contribution in [0.1, 0.15) is 0 Å². The normalized spacial score (nSPS) is 10.8. The maximum absolute atomic E-state index is 12.1. The molecule has 0 radical (unpaired) electrons. The molecule has 1 amide bonds. The van der Waals surface area contributed by atoms with E-state index in [0.29, 0.717) is 5.75 Å². The van der Waals surface area contributed by atoms with Crippen molar-refractivity contribution < 1.29 is 22.7 Å². The van der Waals surface area contributed by atoms with E-state index in [2.05, 4.69) is 16.6 Å². The second-order valence-electron chi connectivity index (χ2n) is 3.93. The first-order chi connectivity index (χ1) is 9.94. The molecule has 0 aromatic heterocycles. The average molecular weight is 314 g/mol. The van der Waals surface area contributed by atoms with E-state index in [1.165, 1.54) is 38.5 Å². The number of carbonyl (C=O) groups is 1. The number of amides is 1. The number of nitrogens with one attached hydrogen (secondary N) is 2. The van der Waals surface area contributed by atoms with Crippen LogP contribution >= 0.6 is 0 Å². The van der Waals surface area contributed by atoms with Gasteiger partial charge in [0, 0.05) is 12.6 Å². The fraction of sp³-hybridized carbons (Fsp3) is 0.308. The van der Waals surface area contributed by atoms with Gasteiger partial charge in [-0.2, -0.15) is 0 Å². The Bertz CT molecular complexity index is 613. The minimum Gasteiger partial charge on any atom is -0.493 e. The van der Waals surface area contributed by atoms with Gasteiger partial charge in [0.1, 0.15) is 0 Å². The number of hydrogen-bond donors (Lipinski definition) is 2. The van der Waals surface area contributed by atoms with Crippen LogP contribution in [0.5, 0.6) is 11.5 Å². The number of rotatable bonds is 8. The van der Waals surface area contributed by atoms with E-state index in [0.717, 1.165) is 0 Å². The Labute approximate surface area is 124 Å². The summed E-state index contributed by atoms with van der Waals surface area (Å²) in [5.74, 6) is 0.260. The molecule has 0 saturated carbocycles. The lowest BCUT2D eigenvalue weighted by Crippen LogP contribution is -2.36. The van der Waals surface area contributed by atoms with Crippen LogP contribution in [0.2, 0.25) is 0 Å². The molecule has 0 saturated heterocycles. The van der Waals surface area contributed by atoms with Crippen molar-refractivity contribution in [2.75, 3.05) is 27.3 Å². The van der Waals surface area contributed by atoms with Gasteiger partial charge in [0.25, 0.3) is 0 Å². The molecule has 0 fully saturated rings. The van der Waals surface area contributed by atoms with Crippen LogP contribution in [0.15, 0.2) is 35.7 Å². The fourth-order valence-corrected chi connectivity index (χ4v) is 2.47. The Morgan fingerprint density at radius 3 is 2.52 bits per heavy atom. The summed E-state index contributed by atoms with van der Waals surface area (Å²) in [4.78, 5) is 11.4. The Morgan fingerprint density at radius 2 is 1.95 bits per heavy atom. The molecule has 0 atom stereocenters. The third kappa shape index (κ3) is 4.76. The van der Waals surface area contributed by atoms with Crippen molar-refractivity contribution in [1.29, 1.82) is 0 Å². The van der Waals surface area contributed by atoms with E-state index in [9.17, 15) is 13.2 Å². The Morgan fingerprint density at radius 1 is 1.29 bits per heavy atom. The number of benzene rings is 1. The number of sulfonamides is 1. The van der Waals surface area contributed by atoms with Gasteiger partial charge in [-0.05, 0) is 12.1 Å². The van der Waals surface area contributed by atoms with Gasteiger partial charge in [0.2, 0.25) is 15.9 Å². The van der Waals surface area contributed by atoms with Crippen molar-refractivity contribution in [1.82, 2.24) is 10.0 Å². The van der Waals surface area contributed by atoms with Gasteiger partial charge in [0.05, 0.1) is 25.7 Å². The highest BCUT2D eigenvalue weighted by molar-refractivity contribution is 7.89. The summed E-state index contributed by atoms with van der Waals surface area (Å²) < 4.78 is 36.4. The zero-order valence-corrected chi connectivity index (χ0v) is 12.7. The zero-order valence-electron chi connectivity index (χ0n) is 11.9. The number of hydrogen-bond acceptors (Lipinski definition) is 5. The van der Waals surface area contributed by atoms with Gasteiger partial charge in [-0.15, -0.1) is 6.58 Å².